The smallest absolute Gasteiger partial charge is 0.0480 e. The van der Waals surface area contributed by atoms with Crippen LogP contribution in [0.1, 0.15) is 59.8 Å². The highest BCUT2D eigenvalue weighted by atomic mass is 32.2. The van der Waals surface area contributed by atoms with Crippen LogP contribution in [0.5, 0.6) is 0 Å². The molecule has 1 aliphatic carbocycles. The summed E-state index contributed by atoms with van der Waals surface area (Å²) in [6.45, 7) is 16.8. The molecule has 0 aromatic carbocycles. The van der Waals surface area contributed by atoms with Crippen LogP contribution in [-0.4, -0.2) is 11.0 Å². The summed E-state index contributed by atoms with van der Waals surface area (Å²) in [6, 6.07) is 0. The second-order valence-electron chi connectivity index (χ2n) is 6.27. The minimum absolute atomic E-state index is 0.537. The van der Waals surface area contributed by atoms with E-state index in [1.807, 2.05) is 17.8 Å². The van der Waals surface area contributed by atoms with E-state index in [-0.39, 0.29) is 0 Å². The molecule has 0 amide bonds. The molecule has 0 atom stereocenters. The van der Waals surface area contributed by atoms with Gasteiger partial charge in [-0.15, -0.1) is 11.8 Å². The van der Waals surface area contributed by atoms with Crippen LogP contribution in [0.2, 0.25) is 0 Å². The number of hydrogen-bond acceptors (Lipinski definition) is 2. The summed E-state index contributed by atoms with van der Waals surface area (Å²) in [4.78, 5) is 5.74. The molecule has 1 saturated carbocycles. The van der Waals surface area contributed by atoms with Crippen LogP contribution in [0.3, 0.4) is 0 Å². The summed E-state index contributed by atoms with van der Waals surface area (Å²) in [5.74, 6) is 0. The van der Waals surface area contributed by atoms with Crippen molar-refractivity contribution in [2.45, 2.75) is 65.0 Å². The summed E-state index contributed by atoms with van der Waals surface area (Å²) in [6.07, 6.45) is 9.80. The van der Waals surface area contributed by atoms with E-state index in [2.05, 4.69) is 45.8 Å². The minimum Gasteiger partial charge on any atom is -0.261 e. The molecule has 0 unspecified atom stereocenters. The fraction of sp³-hybridized carbons (Fsp3) is 0.611. The molecule has 1 fully saturated rings. The van der Waals surface area contributed by atoms with Gasteiger partial charge in [0, 0.05) is 22.7 Å². The number of nitrogens with zero attached hydrogens (tertiary/aromatic N) is 1. The summed E-state index contributed by atoms with van der Waals surface area (Å²) >= 11 is 2.02. The lowest BCUT2D eigenvalue weighted by Gasteiger charge is -2.34. The van der Waals surface area contributed by atoms with Crippen LogP contribution >= 0.6 is 11.8 Å². The third kappa shape index (κ3) is 4.97. The highest BCUT2D eigenvalue weighted by Crippen LogP contribution is 2.42. The third-order valence-electron chi connectivity index (χ3n) is 4.11. The van der Waals surface area contributed by atoms with Gasteiger partial charge in [-0.05, 0) is 49.3 Å². The molecule has 0 bridgehead atoms. The molecule has 2 heteroatoms. The number of aliphatic imine (C=N–C) groups is 1. The van der Waals surface area contributed by atoms with Crippen molar-refractivity contribution in [2.75, 3.05) is 0 Å². The summed E-state index contributed by atoms with van der Waals surface area (Å²) in [5, 5.41) is 0.750. The van der Waals surface area contributed by atoms with Gasteiger partial charge in [0.25, 0.3) is 0 Å². The van der Waals surface area contributed by atoms with Gasteiger partial charge in [0.05, 0.1) is 0 Å². The molecule has 1 rings (SSSR count). The molecule has 0 N–H and O–H groups in total. The van der Waals surface area contributed by atoms with E-state index in [0.29, 0.717) is 5.41 Å². The molecule has 0 spiro atoms. The second-order valence-corrected chi connectivity index (χ2v) is 7.78. The first-order chi connectivity index (χ1) is 9.43. The van der Waals surface area contributed by atoms with Gasteiger partial charge in [-0.3, -0.25) is 4.99 Å². The average molecular weight is 292 g/mol. The predicted octanol–water partition coefficient (Wildman–Crippen LogP) is 6.14. The zero-order valence-corrected chi connectivity index (χ0v) is 14.4. The Morgan fingerprint density at radius 2 is 1.90 bits per heavy atom. The van der Waals surface area contributed by atoms with Crippen LogP contribution < -0.4 is 0 Å². The summed E-state index contributed by atoms with van der Waals surface area (Å²) in [5.41, 5.74) is 2.83. The second kappa shape index (κ2) is 7.87. The van der Waals surface area contributed by atoms with Crippen molar-refractivity contribution in [1.29, 1.82) is 0 Å². The first kappa shape index (κ1) is 17.3. The topological polar surface area (TPSA) is 12.4 Å². The highest BCUT2D eigenvalue weighted by molar-refractivity contribution is 8.03. The van der Waals surface area contributed by atoms with Crippen molar-refractivity contribution in [3.63, 3.8) is 0 Å². The molecular weight excluding hydrogens is 262 g/mol. The summed E-state index contributed by atoms with van der Waals surface area (Å²) < 4.78 is 0. The molecule has 0 aliphatic heterocycles. The van der Waals surface area contributed by atoms with Gasteiger partial charge in [0.1, 0.15) is 0 Å². The highest BCUT2D eigenvalue weighted by Gasteiger charge is 2.27. The molecule has 0 aromatic rings. The monoisotopic (exact) mass is 291 g/mol. The van der Waals surface area contributed by atoms with E-state index >= 15 is 0 Å². The molecule has 0 heterocycles. The van der Waals surface area contributed by atoms with E-state index in [0.717, 1.165) is 17.4 Å². The van der Waals surface area contributed by atoms with Gasteiger partial charge in [-0.25, -0.2) is 0 Å². The predicted molar refractivity (Wildman–Crippen MR) is 94.4 cm³/mol. The zero-order chi connectivity index (χ0) is 15.2. The van der Waals surface area contributed by atoms with Crippen molar-refractivity contribution >= 4 is 17.5 Å². The molecular formula is C18H29NS. The van der Waals surface area contributed by atoms with Gasteiger partial charge in [0.15, 0.2) is 0 Å². The van der Waals surface area contributed by atoms with Crippen LogP contribution in [0.25, 0.3) is 0 Å². The van der Waals surface area contributed by atoms with E-state index in [1.54, 1.807) is 6.20 Å². The molecule has 0 saturated heterocycles. The van der Waals surface area contributed by atoms with E-state index in [1.165, 1.54) is 36.2 Å². The SMILES string of the molecule is C=CN=C(CC)/C(C=C)=C(\C)SC1CCC(C)(C)CC1. The lowest BCUT2D eigenvalue weighted by Crippen LogP contribution is -2.22. The van der Waals surface area contributed by atoms with Crippen molar-refractivity contribution in [3.05, 3.63) is 35.9 Å². The lowest BCUT2D eigenvalue weighted by atomic mass is 9.77. The van der Waals surface area contributed by atoms with Crippen LogP contribution in [0.4, 0.5) is 0 Å². The molecule has 1 nitrogen and oxygen atoms in total. The van der Waals surface area contributed by atoms with Gasteiger partial charge < -0.3 is 0 Å². The Kier molecular flexibility index (Phi) is 6.81. The van der Waals surface area contributed by atoms with Crippen LogP contribution in [0, 0.1) is 5.41 Å². The fourth-order valence-electron chi connectivity index (χ4n) is 2.73. The maximum absolute atomic E-state index is 4.39. The number of rotatable bonds is 6. The Morgan fingerprint density at radius 3 is 2.35 bits per heavy atom. The maximum Gasteiger partial charge on any atom is 0.0480 e. The largest absolute Gasteiger partial charge is 0.261 e. The van der Waals surface area contributed by atoms with Gasteiger partial charge in [0.2, 0.25) is 0 Å². The fourth-order valence-corrected chi connectivity index (χ4v) is 4.03. The third-order valence-corrected chi connectivity index (χ3v) is 5.48. The molecule has 0 radical (unpaired) electrons. The molecule has 0 aromatic heterocycles. The molecule has 1 aliphatic rings. The Bertz CT molecular complexity index is 405. The van der Waals surface area contributed by atoms with Crippen LogP contribution in [-0.2, 0) is 0 Å². The first-order valence-corrected chi connectivity index (χ1v) is 8.49. The Labute approximate surface area is 129 Å². The van der Waals surface area contributed by atoms with E-state index < -0.39 is 0 Å². The van der Waals surface area contributed by atoms with Crippen molar-refractivity contribution < 1.29 is 0 Å². The van der Waals surface area contributed by atoms with Crippen molar-refractivity contribution in [3.8, 4) is 0 Å². The maximum atomic E-state index is 4.39. The zero-order valence-electron chi connectivity index (χ0n) is 13.5. The number of allylic oxidation sites excluding steroid dienone is 3. The van der Waals surface area contributed by atoms with Crippen LogP contribution in [0.15, 0.2) is 40.9 Å². The average Bonchev–Trinajstić information content (AvgIpc) is 2.41. The molecule has 20 heavy (non-hydrogen) atoms. The first-order valence-electron chi connectivity index (χ1n) is 7.61. The standard InChI is InChI=1S/C18H29NS/c1-7-16(17(8-2)19-9-3)14(4)20-15-10-12-18(5,6)13-11-15/h7,9,15H,1,3,8,10-13H2,2,4-6H3/b16-14+,19-17?. The van der Waals surface area contributed by atoms with Gasteiger partial charge >= 0.3 is 0 Å². The Morgan fingerprint density at radius 1 is 1.30 bits per heavy atom. The number of thioether (sulfide) groups is 1. The van der Waals surface area contributed by atoms with E-state index in [4.69, 9.17) is 0 Å². The van der Waals surface area contributed by atoms with E-state index in [9.17, 15) is 0 Å². The van der Waals surface area contributed by atoms with Crippen molar-refractivity contribution in [2.24, 2.45) is 10.4 Å². The minimum atomic E-state index is 0.537. The van der Waals surface area contributed by atoms with Gasteiger partial charge in [-0.1, -0.05) is 40.0 Å². The Hall–Kier alpha value is -0.760. The Balaban J connectivity index is 2.78. The van der Waals surface area contributed by atoms with Gasteiger partial charge in [-0.2, -0.15) is 0 Å². The molecule has 112 valence electrons. The van der Waals surface area contributed by atoms with Crippen molar-refractivity contribution in [1.82, 2.24) is 0 Å². The summed E-state index contributed by atoms with van der Waals surface area (Å²) in [7, 11) is 0. The lowest BCUT2D eigenvalue weighted by molar-refractivity contribution is 0.249. The number of hydrogen-bond donors (Lipinski definition) is 0. The normalized spacial score (nSPS) is 21.3. The quantitative estimate of drug-likeness (QED) is 0.423.